The Hall–Kier alpha value is -3.00. The molecule has 1 aromatic carbocycles. The Morgan fingerprint density at radius 2 is 1.95 bits per heavy atom. The predicted octanol–water partition coefficient (Wildman–Crippen LogP) is 5.48. The molecule has 206 valence electrons. The number of carboxylic acids is 1. The number of benzene rings is 1. The maximum atomic E-state index is 13.7. The quantitative estimate of drug-likeness (QED) is 0.212. The molecule has 2 aliphatic heterocycles. The molecule has 8 heteroatoms. The predicted molar refractivity (Wildman–Crippen MR) is 141 cm³/mol. The normalized spacial score (nSPS) is 25.2. The molecule has 2 fully saturated rings. The fourth-order valence-corrected chi connectivity index (χ4v) is 6.35. The van der Waals surface area contributed by atoms with Gasteiger partial charge in [0.15, 0.2) is 11.6 Å². The van der Waals surface area contributed by atoms with Gasteiger partial charge in [0.1, 0.15) is 0 Å². The van der Waals surface area contributed by atoms with Gasteiger partial charge < -0.3 is 14.9 Å². The lowest BCUT2D eigenvalue weighted by atomic mass is 9.68. The number of allylic oxidation sites excluding steroid dienone is 2. The van der Waals surface area contributed by atoms with Crippen molar-refractivity contribution in [1.82, 2.24) is 4.90 Å². The molecule has 2 amide bonds. The Morgan fingerprint density at radius 1 is 1.16 bits per heavy atom. The van der Waals surface area contributed by atoms with E-state index in [-0.39, 0.29) is 47.8 Å². The smallest absolute Gasteiger partial charge is 0.303 e. The van der Waals surface area contributed by atoms with Crippen molar-refractivity contribution in [2.75, 3.05) is 13.2 Å². The summed E-state index contributed by atoms with van der Waals surface area (Å²) in [5, 5.41) is 18.2. The maximum absolute atomic E-state index is 13.7. The Bertz CT molecular complexity index is 1140. The maximum Gasteiger partial charge on any atom is 0.303 e. The van der Waals surface area contributed by atoms with Crippen LogP contribution in [0.1, 0.15) is 77.2 Å². The minimum absolute atomic E-state index is 0.0794. The molecule has 1 aromatic rings. The lowest BCUT2D eigenvalue weighted by Gasteiger charge is -2.32. The Kier molecular flexibility index (Phi) is 9.03. The number of hydrogen-bond acceptors (Lipinski definition) is 5. The van der Waals surface area contributed by atoms with Crippen LogP contribution in [0.15, 0.2) is 34.9 Å². The summed E-state index contributed by atoms with van der Waals surface area (Å²) in [6, 6.07) is 4.33. The number of phenolic OH excluding ortho intramolecular Hbond substituents is 1. The number of carbonyl (C=O) groups is 3. The molecule has 3 aliphatic rings. The van der Waals surface area contributed by atoms with Gasteiger partial charge in [-0.05, 0) is 68.7 Å². The van der Waals surface area contributed by atoms with E-state index < -0.39 is 11.8 Å². The van der Waals surface area contributed by atoms with Gasteiger partial charge in [-0.1, -0.05) is 43.1 Å². The third-order valence-corrected chi connectivity index (χ3v) is 8.11. The molecule has 1 aliphatic carbocycles. The molecule has 2 heterocycles. The number of unbranched alkanes of at least 4 members (excludes halogenated alkanes) is 2. The number of aliphatic carboxylic acids is 1. The van der Waals surface area contributed by atoms with E-state index in [1.54, 1.807) is 6.07 Å². The van der Waals surface area contributed by atoms with Gasteiger partial charge in [-0.25, -0.2) is 4.39 Å². The van der Waals surface area contributed by atoms with Gasteiger partial charge in [-0.15, -0.1) is 0 Å². The number of amides is 2. The van der Waals surface area contributed by atoms with Gasteiger partial charge >= 0.3 is 5.97 Å². The van der Waals surface area contributed by atoms with Crippen LogP contribution in [-0.2, 0) is 19.1 Å². The van der Waals surface area contributed by atoms with Crippen LogP contribution in [-0.4, -0.2) is 52.2 Å². The van der Waals surface area contributed by atoms with E-state index in [0.29, 0.717) is 44.4 Å². The number of nitrogens with zero attached hydrogens (tertiary/aromatic N) is 1. The third kappa shape index (κ3) is 6.01. The van der Waals surface area contributed by atoms with Crippen LogP contribution in [0.3, 0.4) is 0 Å². The molecular formula is C30H38FNO6. The number of phenols is 1. The monoisotopic (exact) mass is 527 g/mol. The molecule has 7 nitrogen and oxygen atoms in total. The number of carboxylic acid groups (broad SMARTS) is 1. The topological polar surface area (TPSA) is 104 Å². The first-order valence-corrected chi connectivity index (χ1v) is 13.8. The van der Waals surface area contributed by atoms with Crippen molar-refractivity contribution in [2.24, 2.45) is 17.8 Å². The number of ether oxygens (including phenoxy) is 1. The highest BCUT2D eigenvalue weighted by atomic mass is 19.1. The summed E-state index contributed by atoms with van der Waals surface area (Å²) in [6.45, 7) is 4.89. The summed E-state index contributed by atoms with van der Waals surface area (Å²) in [5.41, 5.74) is 4.22. The number of carbonyl (C=O) groups excluding carboxylic acids is 2. The van der Waals surface area contributed by atoms with Gasteiger partial charge in [0.05, 0.1) is 24.5 Å². The summed E-state index contributed by atoms with van der Waals surface area (Å²) < 4.78 is 20.0. The van der Waals surface area contributed by atoms with Crippen LogP contribution in [0, 0.1) is 23.6 Å². The molecule has 0 radical (unpaired) electrons. The van der Waals surface area contributed by atoms with Crippen molar-refractivity contribution in [3.63, 3.8) is 0 Å². The molecule has 2 saturated heterocycles. The van der Waals surface area contributed by atoms with Crippen LogP contribution in [0.25, 0.3) is 6.08 Å². The first kappa shape index (κ1) is 28.0. The van der Waals surface area contributed by atoms with Crippen molar-refractivity contribution in [3.8, 4) is 5.75 Å². The zero-order valence-corrected chi connectivity index (χ0v) is 22.2. The largest absolute Gasteiger partial charge is 0.505 e. The number of likely N-dealkylation sites (tertiary alicyclic amines) is 1. The number of hydrogen-bond donors (Lipinski definition) is 2. The van der Waals surface area contributed by atoms with E-state index in [2.05, 4.69) is 6.92 Å². The molecule has 38 heavy (non-hydrogen) atoms. The Balaban J connectivity index is 1.44. The number of imide groups is 1. The van der Waals surface area contributed by atoms with Gasteiger partial charge in [-0.2, -0.15) is 0 Å². The zero-order chi connectivity index (χ0) is 27.4. The highest BCUT2D eigenvalue weighted by Crippen LogP contribution is 2.50. The zero-order valence-electron chi connectivity index (χ0n) is 22.2. The summed E-state index contributed by atoms with van der Waals surface area (Å²) in [5.74, 6) is -2.83. The first-order valence-electron chi connectivity index (χ1n) is 13.8. The second kappa shape index (κ2) is 12.2. The molecule has 0 bridgehead atoms. The minimum Gasteiger partial charge on any atom is -0.505 e. The summed E-state index contributed by atoms with van der Waals surface area (Å²) in [4.78, 5) is 38.9. The minimum atomic E-state index is -0.831. The van der Waals surface area contributed by atoms with E-state index in [4.69, 9.17) is 9.84 Å². The van der Waals surface area contributed by atoms with Crippen LogP contribution >= 0.6 is 0 Å². The fourth-order valence-electron chi connectivity index (χ4n) is 6.35. The molecule has 0 spiro atoms. The average Bonchev–Trinajstić information content (AvgIpc) is 3.39. The van der Waals surface area contributed by atoms with E-state index in [9.17, 15) is 23.9 Å². The molecular weight excluding hydrogens is 489 g/mol. The third-order valence-electron chi connectivity index (χ3n) is 8.11. The van der Waals surface area contributed by atoms with Gasteiger partial charge in [0.2, 0.25) is 11.8 Å². The molecule has 4 rings (SSSR count). The number of rotatable bonds is 12. The van der Waals surface area contributed by atoms with E-state index >= 15 is 0 Å². The molecule has 4 atom stereocenters. The van der Waals surface area contributed by atoms with Gasteiger partial charge in [-0.3, -0.25) is 19.3 Å². The van der Waals surface area contributed by atoms with E-state index in [1.807, 2.05) is 13.0 Å². The molecule has 0 aromatic heterocycles. The molecule has 2 N–H and O–H groups in total. The summed E-state index contributed by atoms with van der Waals surface area (Å²) in [7, 11) is 0. The van der Waals surface area contributed by atoms with Crippen molar-refractivity contribution in [2.45, 2.75) is 77.7 Å². The Labute approximate surface area is 223 Å². The van der Waals surface area contributed by atoms with Gasteiger partial charge in [0.25, 0.3) is 0 Å². The SMILES string of the molecule is CCCC1=C2[C@@H](CC/C(C)=C/c3ccc(O)c(F)c3)OC[C@@H]2[C@@H]2C(=O)N(CCCCCC(=O)O)C(=O)[C@@H]2C1. The number of aromatic hydroxyl groups is 1. The van der Waals surface area contributed by atoms with Crippen molar-refractivity contribution in [3.05, 3.63) is 46.3 Å². The van der Waals surface area contributed by atoms with Crippen molar-refractivity contribution >= 4 is 23.9 Å². The highest BCUT2D eigenvalue weighted by Gasteiger charge is 2.56. The lowest BCUT2D eigenvalue weighted by molar-refractivity contribution is -0.141. The molecule has 0 saturated carbocycles. The standard InChI is InChI=1S/C30H38FNO6/c1-3-7-20-16-21-28(30(37)32(29(21)36)13-6-4-5-8-26(34)35)22-17-38-25(27(20)22)12-9-18(2)14-19-10-11-24(33)23(31)15-19/h10-11,14-15,21-22,25,28,33H,3-9,12-13,16-17H2,1-2H3,(H,34,35)/b18-14+/t21-,22+,25-,28-/m1/s1. The fraction of sp³-hybridized carbons (Fsp3) is 0.567. The summed E-state index contributed by atoms with van der Waals surface area (Å²) in [6.07, 6.45) is 7.65. The number of fused-ring (bicyclic) bond motifs is 3. The first-order chi connectivity index (χ1) is 18.2. The second-order valence-corrected chi connectivity index (χ2v) is 10.8. The number of halogens is 1. The van der Waals surface area contributed by atoms with E-state index in [0.717, 1.165) is 31.3 Å². The summed E-state index contributed by atoms with van der Waals surface area (Å²) >= 11 is 0. The lowest BCUT2D eigenvalue weighted by Crippen LogP contribution is -2.34. The van der Waals surface area contributed by atoms with Crippen molar-refractivity contribution < 1.29 is 33.7 Å². The Morgan fingerprint density at radius 3 is 2.66 bits per heavy atom. The highest BCUT2D eigenvalue weighted by molar-refractivity contribution is 6.05. The van der Waals surface area contributed by atoms with Crippen LogP contribution in [0.5, 0.6) is 5.75 Å². The van der Waals surface area contributed by atoms with Crippen molar-refractivity contribution in [1.29, 1.82) is 0 Å². The van der Waals surface area contributed by atoms with E-state index in [1.165, 1.54) is 28.2 Å². The van der Waals surface area contributed by atoms with Crippen LogP contribution in [0.4, 0.5) is 4.39 Å². The van der Waals surface area contributed by atoms with Gasteiger partial charge in [0, 0.05) is 18.9 Å². The molecule has 0 unspecified atom stereocenters. The second-order valence-electron chi connectivity index (χ2n) is 10.8. The van der Waals surface area contributed by atoms with Crippen LogP contribution < -0.4 is 0 Å². The van der Waals surface area contributed by atoms with Crippen LogP contribution in [0.2, 0.25) is 0 Å². The average molecular weight is 528 g/mol.